The van der Waals surface area contributed by atoms with Crippen molar-refractivity contribution in [2.75, 3.05) is 13.7 Å². The molecule has 0 N–H and O–H groups in total. The molecule has 1 saturated heterocycles. The number of hydrogen-bond donors (Lipinski definition) is 0. The Balaban J connectivity index is 2.34. The van der Waals surface area contributed by atoms with Gasteiger partial charge in [-0.3, -0.25) is 4.79 Å². The maximum Gasteiger partial charge on any atom is 0.261 e. The number of carbonyl (C=O) groups excluding carboxylic acids is 1. The molecule has 0 bridgehead atoms. The van der Waals surface area contributed by atoms with Crippen LogP contribution in [0.4, 0.5) is 4.39 Å². The number of hydrogen-bond acceptors (Lipinski definition) is 4. The van der Waals surface area contributed by atoms with Crippen molar-refractivity contribution >= 4 is 25.6 Å². The van der Waals surface area contributed by atoms with Gasteiger partial charge in [-0.2, -0.15) is 0 Å². The number of carbonyl (C=O) groups is 1. The van der Waals surface area contributed by atoms with Crippen LogP contribution in [0.25, 0.3) is 0 Å². The van der Waals surface area contributed by atoms with Crippen molar-refractivity contribution in [3.63, 3.8) is 0 Å². The summed E-state index contributed by atoms with van der Waals surface area (Å²) in [6.45, 7) is 2.36. The lowest BCUT2D eigenvalue weighted by molar-refractivity contribution is 0.0570. The van der Waals surface area contributed by atoms with E-state index in [9.17, 15) is 17.6 Å². The van der Waals surface area contributed by atoms with Crippen molar-refractivity contribution in [3.8, 4) is 0 Å². The molecule has 1 aromatic rings. The van der Waals surface area contributed by atoms with E-state index < -0.39 is 20.8 Å². The van der Waals surface area contributed by atoms with Crippen LogP contribution in [-0.4, -0.2) is 45.0 Å². The molecule has 8 heteroatoms. The molecule has 1 amide bonds. The fraction of sp³-hybridized carbons (Fsp3) is 0.462. The highest BCUT2D eigenvalue weighted by atomic mass is 35.7. The molecule has 1 aliphatic heterocycles. The Kier molecular flexibility index (Phi) is 4.55. The lowest BCUT2D eigenvalue weighted by Crippen LogP contribution is -2.41. The van der Waals surface area contributed by atoms with Gasteiger partial charge in [0.05, 0.1) is 22.6 Å². The lowest BCUT2D eigenvalue weighted by atomic mass is 10.1. The first-order valence-electron chi connectivity index (χ1n) is 6.35. The number of halogens is 2. The molecule has 1 fully saturated rings. The zero-order chi connectivity index (χ0) is 15.8. The second-order valence-electron chi connectivity index (χ2n) is 4.93. The van der Waals surface area contributed by atoms with E-state index >= 15 is 0 Å². The second kappa shape index (κ2) is 5.90. The van der Waals surface area contributed by atoms with E-state index in [4.69, 9.17) is 15.4 Å². The van der Waals surface area contributed by atoms with Gasteiger partial charge in [0, 0.05) is 24.3 Å². The molecule has 1 heterocycles. The molecular formula is C13H15ClFNO4S. The van der Waals surface area contributed by atoms with Gasteiger partial charge in [-0.25, -0.2) is 12.8 Å². The van der Waals surface area contributed by atoms with Crippen LogP contribution < -0.4 is 0 Å². The van der Waals surface area contributed by atoms with Crippen LogP contribution in [0.3, 0.4) is 0 Å². The molecule has 0 saturated carbocycles. The molecule has 0 radical (unpaired) electrons. The monoisotopic (exact) mass is 335 g/mol. The van der Waals surface area contributed by atoms with Gasteiger partial charge in [0.25, 0.3) is 15.0 Å². The van der Waals surface area contributed by atoms with Crippen LogP contribution in [-0.2, 0) is 13.8 Å². The van der Waals surface area contributed by atoms with Gasteiger partial charge in [-0.1, -0.05) is 0 Å². The zero-order valence-corrected chi connectivity index (χ0v) is 13.1. The molecule has 0 spiro atoms. The van der Waals surface area contributed by atoms with Gasteiger partial charge in [0.15, 0.2) is 0 Å². The molecule has 2 atom stereocenters. The summed E-state index contributed by atoms with van der Waals surface area (Å²) in [4.78, 5) is 13.4. The Bertz CT molecular complexity index is 664. The van der Waals surface area contributed by atoms with E-state index in [-0.39, 0.29) is 22.6 Å². The quantitative estimate of drug-likeness (QED) is 0.793. The van der Waals surface area contributed by atoms with Gasteiger partial charge in [0.2, 0.25) is 0 Å². The molecule has 21 heavy (non-hydrogen) atoms. The third-order valence-corrected chi connectivity index (χ3v) is 4.96. The van der Waals surface area contributed by atoms with Gasteiger partial charge in [-0.15, -0.1) is 0 Å². The predicted octanol–water partition coefficient (Wildman–Crippen LogP) is 2.00. The smallest absolute Gasteiger partial charge is 0.261 e. The summed E-state index contributed by atoms with van der Waals surface area (Å²) >= 11 is 0. The SMILES string of the molecule is CC1OCCC1N(C)C(=O)c1cc(S(=O)(=O)Cl)ccc1F. The third-order valence-electron chi connectivity index (χ3n) is 3.60. The van der Waals surface area contributed by atoms with Gasteiger partial charge < -0.3 is 9.64 Å². The van der Waals surface area contributed by atoms with Gasteiger partial charge >= 0.3 is 0 Å². The minimum atomic E-state index is -4.02. The summed E-state index contributed by atoms with van der Waals surface area (Å²) in [7, 11) is 2.74. The molecule has 2 unspecified atom stereocenters. The maximum atomic E-state index is 13.8. The van der Waals surface area contributed by atoms with Crippen molar-refractivity contribution in [1.29, 1.82) is 0 Å². The Morgan fingerprint density at radius 2 is 2.14 bits per heavy atom. The number of nitrogens with zero attached hydrogens (tertiary/aromatic N) is 1. The number of rotatable bonds is 3. The first-order valence-corrected chi connectivity index (χ1v) is 8.65. The molecule has 116 valence electrons. The van der Waals surface area contributed by atoms with Gasteiger partial charge in [0.1, 0.15) is 5.82 Å². The van der Waals surface area contributed by atoms with Crippen LogP contribution in [0, 0.1) is 5.82 Å². The first kappa shape index (κ1) is 16.2. The first-order chi connectivity index (χ1) is 9.71. The highest BCUT2D eigenvalue weighted by Crippen LogP contribution is 2.23. The van der Waals surface area contributed by atoms with Crippen LogP contribution in [0.2, 0.25) is 0 Å². The summed E-state index contributed by atoms with van der Waals surface area (Å²) in [5, 5.41) is 0. The van der Waals surface area contributed by atoms with E-state index in [1.807, 2.05) is 6.92 Å². The minimum Gasteiger partial charge on any atom is -0.376 e. The van der Waals surface area contributed by atoms with E-state index in [1.54, 1.807) is 7.05 Å². The Hall–Kier alpha value is -1.18. The summed E-state index contributed by atoms with van der Waals surface area (Å²) < 4.78 is 41.8. The van der Waals surface area contributed by atoms with Crippen LogP contribution in [0.15, 0.2) is 23.1 Å². The molecule has 0 aromatic heterocycles. The number of ether oxygens (including phenoxy) is 1. The van der Waals surface area contributed by atoms with E-state index in [1.165, 1.54) is 4.90 Å². The van der Waals surface area contributed by atoms with Crippen molar-refractivity contribution in [2.45, 2.75) is 30.4 Å². The number of likely N-dealkylation sites (N-methyl/N-ethyl adjacent to an activating group) is 1. The van der Waals surface area contributed by atoms with Crippen molar-refractivity contribution in [1.82, 2.24) is 4.90 Å². The standard InChI is InChI=1S/C13H15ClFNO4S/c1-8-12(5-6-20-8)16(2)13(17)10-7-9(21(14,18)19)3-4-11(10)15/h3-4,7-8,12H,5-6H2,1-2H3. The Morgan fingerprint density at radius 3 is 2.67 bits per heavy atom. The number of amides is 1. The minimum absolute atomic E-state index is 0.151. The average Bonchev–Trinajstić information content (AvgIpc) is 2.82. The highest BCUT2D eigenvalue weighted by molar-refractivity contribution is 8.13. The van der Waals surface area contributed by atoms with Crippen molar-refractivity contribution < 1.29 is 22.3 Å². The van der Waals surface area contributed by atoms with Gasteiger partial charge in [-0.05, 0) is 31.5 Å². The van der Waals surface area contributed by atoms with E-state index in [2.05, 4.69) is 0 Å². The Morgan fingerprint density at radius 1 is 1.48 bits per heavy atom. The highest BCUT2D eigenvalue weighted by Gasteiger charge is 2.32. The maximum absolute atomic E-state index is 13.8. The summed E-state index contributed by atoms with van der Waals surface area (Å²) in [6, 6.07) is 2.73. The molecular weight excluding hydrogens is 321 g/mol. The summed E-state index contributed by atoms with van der Waals surface area (Å²) in [5.74, 6) is -1.39. The third kappa shape index (κ3) is 3.36. The number of benzene rings is 1. The largest absolute Gasteiger partial charge is 0.376 e. The average molecular weight is 336 g/mol. The zero-order valence-electron chi connectivity index (χ0n) is 11.5. The van der Waals surface area contributed by atoms with Crippen molar-refractivity contribution in [2.24, 2.45) is 0 Å². The normalized spacial score (nSPS) is 22.3. The predicted molar refractivity (Wildman–Crippen MR) is 75.4 cm³/mol. The second-order valence-corrected chi connectivity index (χ2v) is 7.49. The van der Waals surface area contributed by atoms with Crippen LogP contribution in [0.1, 0.15) is 23.7 Å². The topological polar surface area (TPSA) is 63.7 Å². The summed E-state index contributed by atoms with van der Waals surface area (Å²) in [6.07, 6.45) is 0.500. The van der Waals surface area contributed by atoms with E-state index in [0.29, 0.717) is 13.0 Å². The fourth-order valence-corrected chi connectivity index (χ4v) is 3.17. The molecule has 1 aromatic carbocycles. The fourth-order valence-electron chi connectivity index (χ4n) is 2.39. The van der Waals surface area contributed by atoms with Crippen molar-refractivity contribution in [3.05, 3.63) is 29.6 Å². The molecule has 1 aliphatic rings. The van der Waals surface area contributed by atoms with Crippen LogP contribution in [0.5, 0.6) is 0 Å². The molecule has 2 rings (SSSR count). The molecule has 5 nitrogen and oxygen atoms in total. The Labute approximate surface area is 127 Å². The molecule has 0 aliphatic carbocycles. The lowest BCUT2D eigenvalue weighted by Gasteiger charge is -2.27. The van der Waals surface area contributed by atoms with E-state index in [0.717, 1.165) is 18.2 Å². The van der Waals surface area contributed by atoms with Crippen LogP contribution >= 0.6 is 10.7 Å². The summed E-state index contributed by atoms with van der Waals surface area (Å²) in [5.41, 5.74) is -0.321.